The lowest BCUT2D eigenvalue weighted by atomic mass is 9.41. The topological polar surface area (TPSA) is 138 Å². The van der Waals surface area contributed by atoms with Crippen LogP contribution in [0.4, 0.5) is 0 Å². The Morgan fingerprint density at radius 2 is 1.73 bits per heavy atom. The summed E-state index contributed by atoms with van der Waals surface area (Å²) in [5.41, 5.74) is -5.58. The standard InChI is InChI=1S/C31H43NO9/c1-5-32-15-27(16-38-2)11-10-21(40-4)31-19-12-29(36)22(41-26(34)17-6-8-18(39-3)9-7-17)14-28(35,23(19)25(29)33)20(24(31)32)13-30(27,31)37/h6-9,19-25,33,35-37H,5,10-16H2,1-4H3/t19-,20+,21+,22+,23-,24-,25-,27+,28+,29-,30+,31-/m1/s1. The van der Waals surface area contributed by atoms with E-state index in [1.165, 1.54) is 0 Å². The van der Waals surface area contributed by atoms with Crippen LogP contribution in [0.3, 0.4) is 0 Å². The molecule has 226 valence electrons. The summed E-state index contributed by atoms with van der Waals surface area (Å²) in [6, 6.07) is 6.28. The molecule has 6 fully saturated rings. The minimum Gasteiger partial charge on any atom is -0.497 e. The molecule has 5 saturated carbocycles. The van der Waals surface area contributed by atoms with Crippen molar-refractivity contribution in [3.63, 3.8) is 0 Å². The quantitative estimate of drug-likeness (QED) is 0.349. The van der Waals surface area contributed by atoms with Crippen LogP contribution >= 0.6 is 0 Å². The minimum atomic E-state index is -1.77. The van der Waals surface area contributed by atoms with Crippen LogP contribution in [0.1, 0.15) is 49.4 Å². The van der Waals surface area contributed by atoms with Gasteiger partial charge in [0.1, 0.15) is 17.5 Å². The van der Waals surface area contributed by atoms with E-state index in [-0.39, 0.29) is 30.6 Å². The van der Waals surface area contributed by atoms with Crippen molar-refractivity contribution in [3.05, 3.63) is 29.8 Å². The number of ether oxygens (including phenoxy) is 4. The first-order valence-corrected chi connectivity index (χ1v) is 15.0. The summed E-state index contributed by atoms with van der Waals surface area (Å²) < 4.78 is 23.2. The molecule has 7 rings (SSSR count). The van der Waals surface area contributed by atoms with Gasteiger partial charge in [-0.15, -0.1) is 0 Å². The van der Waals surface area contributed by atoms with Crippen LogP contribution in [0.25, 0.3) is 0 Å². The highest BCUT2D eigenvalue weighted by atomic mass is 16.6. The highest BCUT2D eigenvalue weighted by Crippen LogP contribution is 2.80. The lowest BCUT2D eigenvalue weighted by molar-refractivity contribution is -0.325. The third kappa shape index (κ3) is 3.05. The number of likely N-dealkylation sites (tertiary alicyclic amines) is 1. The van der Waals surface area contributed by atoms with Crippen LogP contribution in [0, 0.1) is 28.6 Å². The molecule has 1 aromatic rings. The molecule has 1 heterocycles. The maximum atomic E-state index is 13.3. The Morgan fingerprint density at radius 1 is 1.00 bits per heavy atom. The van der Waals surface area contributed by atoms with E-state index < -0.39 is 63.6 Å². The summed E-state index contributed by atoms with van der Waals surface area (Å²) >= 11 is 0. The number of carbonyl (C=O) groups excluding carboxylic acids is 1. The third-order valence-electron chi connectivity index (χ3n) is 12.7. The number of aliphatic hydroxyl groups is 4. The van der Waals surface area contributed by atoms with Gasteiger partial charge in [-0.3, -0.25) is 4.90 Å². The maximum Gasteiger partial charge on any atom is 0.338 e. The Hall–Kier alpha value is -1.79. The molecular weight excluding hydrogens is 530 g/mol. The number of fused-ring (bicyclic) bond motifs is 2. The zero-order chi connectivity index (χ0) is 29.2. The molecule has 1 aromatic carbocycles. The molecule has 0 unspecified atom stereocenters. The van der Waals surface area contributed by atoms with Gasteiger partial charge in [0.15, 0.2) is 0 Å². The molecule has 4 N–H and O–H groups in total. The predicted molar refractivity (Wildman–Crippen MR) is 145 cm³/mol. The van der Waals surface area contributed by atoms with E-state index in [9.17, 15) is 25.2 Å². The fourth-order valence-electron chi connectivity index (χ4n) is 11.4. The van der Waals surface area contributed by atoms with Gasteiger partial charge in [0.05, 0.1) is 42.7 Å². The second kappa shape index (κ2) is 8.87. The van der Waals surface area contributed by atoms with Crippen LogP contribution in [0.2, 0.25) is 0 Å². The van der Waals surface area contributed by atoms with Gasteiger partial charge in [-0.1, -0.05) is 6.92 Å². The van der Waals surface area contributed by atoms with Crippen molar-refractivity contribution in [2.45, 2.75) is 80.2 Å². The largest absolute Gasteiger partial charge is 0.497 e. The molecule has 12 atom stereocenters. The zero-order valence-corrected chi connectivity index (χ0v) is 24.3. The van der Waals surface area contributed by atoms with Crippen molar-refractivity contribution < 1.29 is 44.2 Å². The highest BCUT2D eigenvalue weighted by Gasteiger charge is 2.90. The van der Waals surface area contributed by atoms with E-state index in [1.54, 1.807) is 45.6 Å². The Morgan fingerprint density at radius 3 is 2.37 bits per heavy atom. The van der Waals surface area contributed by atoms with Crippen LogP contribution in [0.15, 0.2) is 24.3 Å². The molecule has 41 heavy (non-hydrogen) atoms. The number of nitrogens with zero attached hydrogens (tertiary/aromatic N) is 1. The molecule has 0 amide bonds. The summed E-state index contributed by atoms with van der Waals surface area (Å²) in [7, 11) is 4.89. The third-order valence-corrected chi connectivity index (χ3v) is 12.7. The first kappa shape index (κ1) is 28.0. The number of aliphatic hydroxyl groups excluding tert-OH is 1. The fourth-order valence-corrected chi connectivity index (χ4v) is 11.4. The molecule has 1 aliphatic heterocycles. The van der Waals surface area contributed by atoms with Crippen LogP contribution in [0.5, 0.6) is 5.75 Å². The van der Waals surface area contributed by atoms with E-state index in [0.717, 1.165) is 19.4 Å². The maximum absolute atomic E-state index is 13.3. The minimum absolute atomic E-state index is 0.0105. The van der Waals surface area contributed by atoms with Gasteiger partial charge in [-0.05, 0) is 62.4 Å². The number of benzene rings is 1. The fraction of sp³-hybridized carbons (Fsp3) is 0.774. The van der Waals surface area contributed by atoms with Gasteiger partial charge in [-0.2, -0.15) is 0 Å². The average molecular weight is 574 g/mol. The smallest absolute Gasteiger partial charge is 0.338 e. The van der Waals surface area contributed by atoms with Crippen molar-refractivity contribution in [2.75, 3.05) is 41.0 Å². The van der Waals surface area contributed by atoms with Gasteiger partial charge in [0.25, 0.3) is 0 Å². The molecule has 10 heteroatoms. The van der Waals surface area contributed by atoms with Crippen molar-refractivity contribution in [1.82, 2.24) is 4.90 Å². The molecule has 7 bridgehead atoms. The van der Waals surface area contributed by atoms with Crippen LogP contribution < -0.4 is 4.74 Å². The molecule has 6 aliphatic rings. The first-order valence-electron chi connectivity index (χ1n) is 15.0. The van der Waals surface area contributed by atoms with Gasteiger partial charge in [-0.25, -0.2) is 4.79 Å². The SMILES string of the molecule is CCN1C[C@]2(COC)CC[C@H](OC)[C@@]34[C@@H]5C[C@@]6(O)[C@@H](OC(=O)c7ccc(OC)cc7)C[C@@](O)([C@H]5[C@H]6O)[C@@H](C[C@]23O)[C@@H]14. The normalized spacial score (nSPS) is 51.0. The first-order chi connectivity index (χ1) is 19.5. The number of rotatable bonds is 7. The summed E-state index contributed by atoms with van der Waals surface area (Å²) in [6.45, 7) is 3.84. The number of hydrogen-bond acceptors (Lipinski definition) is 10. The summed E-state index contributed by atoms with van der Waals surface area (Å²) in [4.78, 5) is 15.7. The molecular formula is C31H43NO9. The highest BCUT2D eigenvalue weighted by molar-refractivity contribution is 5.89. The molecule has 10 nitrogen and oxygen atoms in total. The molecule has 5 aliphatic carbocycles. The summed E-state index contributed by atoms with van der Waals surface area (Å²) in [5.74, 6) is -1.60. The number of esters is 1. The van der Waals surface area contributed by atoms with E-state index in [4.69, 9.17) is 18.9 Å². The van der Waals surface area contributed by atoms with Crippen molar-refractivity contribution >= 4 is 5.97 Å². The van der Waals surface area contributed by atoms with Crippen molar-refractivity contribution in [2.24, 2.45) is 28.6 Å². The number of piperidine rings is 1. The molecule has 0 aromatic heterocycles. The summed E-state index contributed by atoms with van der Waals surface area (Å²) in [5, 5.41) is 49.8. The monoisotopic (exact) mass is 573 g/mol. The van der Waals surface area contributed by atoms with E-state index >= 15 is 0 Å². The summed E-state index contributed by atoms with van der Waals surface area (Å²) in [6.07, 6.45) is -0.914. The Bertz CT molecular complexity index is 1230. The molecule has 0 radical (unpaired) electrons. The second-order valence-electron chi connectivity index (χ2n) is 13.7. The average Bonchev–Trinajstić information content (AvgIpc) is 3.31. The van der Waals surface area contributed by atoms with E-state index in [1.807, 2.05) is 0 Å². The zero-order valence-electron chi connectivity index (χ0n) is 24.3. The van der Waals surface area contributed by atoms with Gasteiger partial charge < -0.3 is 39.4 Å². The second-order valence-corrected chi connectivity index (χ2v) is 13.7. The van der Waals surface area contributed by atoms with Gasteiger partial charge >= 0.3 is 5.97 Å². The Labute approximate surface area is 240 Å². The van der Waals surface area contributed by atoms with Crippen LogP contribution in [-0.2, 0) is 14.2 Å². The predicted octanol–water partition coefficient (Wildman–Crippen LogP) is 0.980. The Balaban J connectivity index is 1.34. The number of hydrogen-bond donors (Lipinski definition) is 4. The van der Waals surface area contributed by atoms with Gasteiger partial charge in [0, 0.05) is 55.9 Å². The van der Waals surface area contributed by atoms with E-state index in [2.05, 4.69) is 11.8 Å². The lowest BCUT2D eigenvalue weighted by Gasteiger charge is -2.71. The number of methoxy groups -OCH3 is 3. The molecule has 1 spiro atoms. The van der Waals surface area contributed by atoms with E-state index in [0.29, 0.717) is 25.3 Å². The van der Waals surface area contributed by atoms with Gasteiger partial charge in [0.2, 0.25) is 0 Å². The molecule has 1 saturated heterocycles. The van der Waals surface area contributed by atoms with Crippen molar-refractivity contribution in [3.8, 4) is 5.75 Å². The lowest BCUT2D eigenvalue weighted by Crippen LogP contribution is -2.81. The Kier molecular flexibility index (Phi) is 6.06. The van der Waals surface area contributed by atoms with Crippen LogP contribution in [-0.4, -0.2) is 113 Å². The van der Waals surface area contributed by atoms with Crippen molar-refractivity contribution in [1.29, 1.82) is 0 Å². The number of carbonyl (C=O) groups is 1.